The Balaban J connectivity index is 0.00000181. The molecule has 15 nitrogen and oxygen atoms in total. The molecule has 2 atom stereocenters. The van der Waals surface area contributed by atoms with E-state index in [0.717, 1.165) is 0 Å². The van der Waals surface area contributed by atoms with E-state index >= 15 is 0 Å². The highest BCUT2D eigenvalue weighted by atomic mass is 19.4. The summed E-state index contributed by atoms with van der Waals surface area (Å²) in [6.07, 6.45) is -5.86. The van der Waals surface area contributed by atoms with Crippen molar-refractivity contribution >= 4 is 47.3 Å². The lowest BCUT2D eigenvalue weighted by Gasteiger charge is -2.22. The summed E-state index contributed by atoms with van der Waals surface area (Å²) < 4.78 is 31.7. The average Bonchev–Trinajstić information content (AvgIpc) is 2.79. The second kappa shape index (κ2) is 15.4. The molecule has 0 aliphatic heterocycles. The van der Waals surface area contributed by atoms with Crippen LogP contribution in [0.15, 0.2) is 24.3 Å². The van der Waals surface area contributed by atoms with Crippen molar-refractivity contribution in [3.63, 3.8) is 0 Å². The number of aliphatic carboxylic acids is 3. The van der Waals surface area contributed by atoms with Crippen LogP contribution >= 0.6 is 0 Å². The van der Waals surface area contributed by atoms with Gasteiger partial charge in [0.25, 0.3) is 5.91 Å². The van der Waals surface area contributed by atoms with Crippen LogP contribution in [0, 0.1) is 11.3 Å². The number of carboxylic acid groups (broad SMARTS) is 3. The first-order valence-electron chi connectivity index (χ1n) is 10.7. The number of benzene rings is 1. The topological polar surface area (TPSA) is 261 Å². The van der Waals surface area contributed by atoms with Crippen molar-refractivity contribution in [1.82, 2.24) is 16.0 Å². The minimum absolute atomic E-state index is 0.202. The minimum atomic E-state index is -5.08. The van der Waals surface area contributed by atoms with Gasteiger partial charge in [-0.05, 0) is 30.2 Å². The maximum absolute atomic E-state index is 12.3. The van der Waals surface area contributed by atoms with Gasteiger partial charge >= 0.3 is 24.1 Å². The van der Waals surface area contributed by atoms with Crippen molar-refractivity contribution in [2.45, 2.75) is 38.5 Å². The Morgan fingerprint density at radius 3 is 1.87 bits per heavy atom. The summed E-state index contributed by atoms with van der Waals surface area (Å²) in [7, 11) is 0. The predicted molar refractivity (Wildman–Crippen MR) is 127 cm³/mol. The number of carbonyl (C=O) groups excluding carboxylic acids is 3. The zero-order chi connectivity index (χ0) is 30.5. The number of halogens is 3. The molecule has 0 saturated carbocycles. The maximum atomic E-state index is 12.3. The van der Waals surface area contributed by atoms with Gasteiger partial charge in [0.05, 0.1) is 13.0 Å². The highest BCUT2D eigenvalue weighted by Gasteiger charge is 2.38. The smallest absolute Gasteiger partial charge is 0.481 e. The highest BCUT2D eigenvalue weighted by Crippen LogP contribution is 2.13. The highest BCUT2D eigenvalue weighted by molar-refractivity contribution is 5.98. The number of carboxylic acids is 3. The summed E-state index contributed by atoms with van der Waals surface area (Å²) in [6, 6.07) is 3.05. The van der Waals surface area contributed by atoms with E-state index in [9.17, 15) is 37.1 Å². The van der Waals surface area contributed by atoms with Gasteiger partial charge in [-0.2, -0.15) is 13.2 Å². The van der Waals surface area contributed by atoms with E-state index in [0.29, 0.717) is 5.69 Å². The third-order valence-corrected chi connectivity index (χ3v) is 4.34. The van der Waals surface area contributed by atoms with Crippen molar-refractivity contribution in [3.05, 3.63) is 29.8 Å². The molecule has 1 rings (SSSR count). The molecule has 0 spiro atoms. The zero-order valence-corrected chi connectivity index (χ0v) is 20.5. The number of hydrogen-bond donors (Lipinski definition) is 9. The standard InChI is InChI=1S/C19H26N6O7.C2HF3O2/c1-9(2)15(18(31)32)25-17(30)12(7-14(27)28)24-13(26)8-22-16(29)10-3-5-11(6-4-10)23-19(20)21;3-2(4,5)1(6)7/h3-6,9,12,15H,7-8H2,1-2H3,(H,22,29)(H,24,26)(H,25,30)(H,27,28)(H,31,32)(H4,20,21,23);(H,6,7)/t12-,15-;/m0./s1. The Morgan fingerprint density at radius 2 is 1.49 bits per heavy atom. The molecule has 18 heteroatoms. The van der Waals surface area contributed by atoms with E-state index in [1.165, 1.54) is 24.3 Å². The fourth-order valence-corrected chi connectivity index (χ4v) is 2.52. The Morgan fingerprint density at radius 1 is 0.974 bits per heavy atom. The normalized spacial score (nSPS) is 12.1. The van der Waals surface area contributed by atoms with Gasteiger partial charge in [0.2, 0.25) is 11.8 Å². The van der Waals surface area contributed by atoms with Crippen LogP contribution in [0.5, 0.6) is 0 Å². The molecule has 0 heterocycles. The van der Waals surface area contributed by atoms with Crippen molar-refractivity contribution in [2.24, 2.45) is 11.7 Å². The molecule has 0 aliphatic rings. The Hall–Kier alpha value is -4.90. The number of hydrogen-bond acceptors (Lipinski definition) is 7. The number of rotatable bonds is 11. The second-order valence-electron chi connectivity index (χ2n) is 7.89. The van der Waals surface area contributed by atoms with Gasteiger partial charge < -0.3 is 42.3 Å². The molecule has 1 aromatic rings. The van der Waals surface area contributed by atoms with Crippen LogP contribution in [0.2, 0.25) is 0 Å². The first-order chi connectivity index (χ1) is 17.8. The van der Waals surface area contributed by atoms with Crippen LogP contribution in [0.1, 0.15) is 30.6 Å². The molecular formula is C21H27F3N6O9. The van der Waals surface area contributed by atoms with Crippen molar-refractivity contribution in [3.8, 4) is 0 Å². The molecule has 0 bridgehead atoms. The number of alkyl halides is 3. The number of nitrogens with one attached hydrogen (secondary N) is 5. The van der Waals surface area contributed by atoms with E-state index in [2.05, 4.69) is 21.3 Å². The molecule has 3 amide bonds. The summed E-state index contributed by atoms with van der Waals surface area (Å²) in [4.78, 5) is 67.8. The second-order valence-corrected chi connectivity index (χ2v) is 7.89. The van der Waals surface area contributed by atoms with Gasteiger partial charge in [-0.3, -0.25) is 24.6 Å². The Labute approximate surface area is 218 Å². The maximum Gasteiger partial charge on any atom is 0.490 e. The summed E-state index contributed by atoms with van der Waals surface area (Å²) in [5, 5.41) is 41.7. The fourth-order valence-electron chi connectivity index (χ4n) is 2.52. The van der Waals surface area contributed by atoms with E-state index in [1.807, 2.05) is 0 Å². The monoisotopic (exact) mass is 564 g/mol. The van der Waals surface area contributed by atoms with E-state index < -0.39 is 72.8 Å². The molecule has 0 aliphatic carbocycles. The summed E-state index contributed by atoms with van der Waals surface area (Å²) in [5.41, 5.74) is 5.89. The van der Waals surface area contributed by atoms with Gasteiger partial charge in [0.15, 0.2) is 5.96 Å². The molecule has 0 unspecified atom stereocenters. The molecule has 1 aromatic carbocycles. The lowest BCUT2D eigenvalue weighted by atomic mass is 10.0. The van der Waals surface area contributed by atoms with Gasteiger partial charge in [0, 0.05) is 11.3 Å². The quantitative estimate of drug-likeness (QED) is 0.123. The molecular weight excluding hydrogens is 537 g/mol. The Bertz CT molecular complexity index is 1080. The van der Waals surface area contributed by atoms with E-state index in [4.69, 9.17) is 31.3 Å². The molecule has 0 aromatic heterocycles. The molecule has 216 valence electrons. The first kappa shape index (κ1) is 34.1. The number of amides is 3. The number of anilines is 1. The average molecular weight is 564 g/mol. The third-order valence-electron chi connectivity index (χ3n) is 4.34. The van der Waals surface area contributed by atoms with E-state index in [1.54, 1.807) is 13.8 Å². The molecule has 0 saturated heterocycles. The minimum Gasteiger partial charge on any atom is -0.481 e. The summed E-state index contributed by atoms with van der Waals surface area (Å²) >= 11 is 0. The lowest BCUT2D eigenvalue weighted by molar-refractivity contribution is -0.192. The van der Waals surface area contributed by atoms with E-state index in [-0.39, 0.29) is 11.5 Å². The van der Waals surface area contributed by atoms with Gasteiger partial charge in [-0.15, -0.1) is 0 Å². The van der Waals surface area contributed by atoms with Crippen LogP contribution in [-0.4, -0.2) is 81.7 Å². The van der Waals surface area contributed by atoms with Gasteiger partial charge in [-0.25, -0.2) is 9.59 Å². The summed E-state index contributed by atoms with van der Waals surface area (Å²) in [6.45, 7) is 2.56. The fraction of sp³-hybridized carbons (Fsp3) is 0.381. The summed E-state index contributed by atoms with van der Waals surface area (Å²) in [5.74, 6) is -8.62. The first-order valence-corrected chi connectivity index (χ1v) is 10.7. The van der Waals surface area contributed by atoms with Gasteiger partial charge in [-0.1, -0.05) is 13.8 Å². The largest absolute Gasteiger partial charge is 0.490 e. The lowest BCUT2D eigenvalue weighted by Crippen LogP contribution is -2.54. The number of guanidine groups is 1. The predicted octanol–water partition coefficient (Wildman–Crippen LogP) is -0.460. The van der Waals surface area contributed by atoms with Gasteiger partial charge in [0.1, 0.15) is 12.1 Å². The van der Waals surface area contributed by atoms with Crippen molar-refractivity contribution in [1.29, 1.82) is 5.41 Å². The van der Waals surface area contributed by atoms with Crippen LogP contribution in [0.4, 0.5) is 18.9 Å². The van der Waals surface area contributed by atoms with Crippen LogP contribution in [-0.2, 0) is 24.0 Å². The number of nitrogens with two attached hydrogens (primary N) is 1. The zero-order valence-electron chi connectivity index (χ0n) is 20.5. The van der Waals surface area contributed by atoms with Crippen LogP contribution in [0.25, 0.3) is 0 Å². The number of carbonyl (C=O) groups is 6. The molecule has 10 N–H and O–H groups in total. The molecule has 0 fully saturated rings. The van der Waals surface area contributed by atoms with Crippen LogP contribution in [0.3, 0.4) is 0 Å². The van der Waals surface area contributed by atoms with Crippen molar-refractivity contribution < 1.29 is 57.3 Å². The Kier molecular flexibility index (Phi) is 13.4. The third kappa shape index (κ3) is 13.8. The molecule has 0 radical (unpaired) electrons. The van der Waals surface area contributed by atoms with Crippen LogP contribution < -0.4 is 27.0 Å². The van der Waals surface area contributed by atoms with Crippen molar-refractivity contribution in [2.75, 3.05) is 11.9 Å². The SMILES string of the molecule is CC(C)[C@H](NC(=O)[C@H](CC(=O)O)NC(=O)CNC(=O)c1ccc(NC(=N)N)cc1)C(=O)O.O=C(O)C(F)(F)F. The molecule has 39 heavy (non-hydrogen) atoms.